The Morgan fingerprint density at radius 2 is 2.23 bits per heavy atom. The van der Waals surface area contributed by atoms with Gasteiger partial charge in [-0.25, -0.2) is 0 Å². The standard InChI is InChI=1S/C11H11NO/c1-3-5-10-6-4-7-11(8-10)12-9(2)13/h4,6-8H,1-2H3,(H,12,13). The maximum atomic E-state index is 10.7. The van der Waals surface area contributed by atoms with Gasteiger partial charge in [0.25, 0.3) is 0 Å². The van der Waals surface area contributed by atoms with Crippen molar-refractivity contribution in [3.63, 3.8) is 0 Å². The van der Waals surface area contributed by atoms with E-state index in [4.69, 9.17) is 0 Å². The zero-order chi connectivity index (χ0) is 9.68. The second kappa shape index (κ2) is 4.32. The summed E-state index contributed by atoms with van der Waals surface area (Å²) in [7, 11) is 0. The van der Waals surface area contributed by atoms with Crippen molar-refractivity contribution in [2.45, 2.75) is 13.8 Å². The predicted octanol–water partition coefficient (Wildman–Crippen LogP) is 2.02. The molecule has 0 atom stereocenters. The Hall–Kier alpha value is -1.75. The first-order chi connectivity index (χ1) is 6.22. The molecule has 2 heteroatoms. The van der Waals surface area contributed by atoms with Crippen molar-refractivity contribution in [1.29, 1.82) is 0 Å². The van der Waals surface area contributed by atoms with Gasteiger partial charge in [0.05, 0.1) is 0 Å². The van der Waals surface area contributed by atoms with Gasteiger partial charge in [0, 0.05) is 18.2 Å². The first kappa shape index (κ1) is 9.34. The van der Waals surface area contributed by atoms with Crippen molar-refractivity contribution in [2.24, 2.45) is 0 Å². The number of carbonyl (C=O) groups excluding carboxylic acids is 1. The highest BCUT2D eigenvalue weighted by atomic mass is 16.1. The SMILES string of the molecule is CC#Cc1cccc(NC(C)=O)c1. The predicted molar refractivity (Wildman–Crippen MR) is 53.3 cm³/mol. The number of benzene rings is 1. The molecule has 0 aliphatic carbocycles. The molecule has 13 heavy (non-hydrogen) atoms. The molecule has 1 aromatic carbocycles. The number of anilines is 1. The normalized spacial score (nSPS) is 8.46. The summed E-state index contributed by atoms with van der Waals surface area (Å²) >= 11 is 0. The van der Waals surface area contributed by atoms with E-state index < -0.39 is 0 Å². The first-order valence-electron chi connectivity index (χ1n) is 4.03. The van der Waals surface area contributed by atoms with E-state index >= 15 is 0 Å². The average Bonchev–Trinajstić information content (AvgIpc) is 2.04. The molecule has 1 rings (SSSR count). The summed E-state index contributed by atoms with van der Waals surface area (Å²) in [6.07, 6.45) is 0. The van der Waals surface area contributed by atoms with E-state index in [0.717, 1.165) is 11.3 Å². The third-order valence-corrected chi connectivity index (χ3v) is 1.45. The lowest BCUT2D eigenvalue weighted by Gasteiger charge is -2.00. The summed E-state index contributed by atoms with van der Waals surface area (Å²) in [5.41, 5.74) is 1.70. The third kappa shape index (κ3) is 3.00. The molecule has 0 radical (unpaired) electrons. The van der Waals surface area contributed by atoms with Crippen molar-refractivity contribution in [3.8, 4) is 11.8 Å². The topological polar surface area (TPSA) is 29.1 Å². The smallest absolute Gasteiger partial charge is 0.221 e. The molecule has 0 aliphatic rings. The molecule has 0 aliphatic heterocycles. The van der Waals surface area contributed by atoms with Crippen LogP contribution in [0.4, 0.5) is 5.69 Å². The van der Waals surface area contributed by atoms with Gasteiger partial charge in [-0.15, -0.1) is 5.92 Å². The summed E-state index contributed by atoms with van der Waals surface area (Å²) in [4.78, 5) is 10.7. The zero-order valence-corrected chi connectivity index (χ0v) is 7.72. The Balaban J connectivity index is 2.89. The van der Waals surface area contributed by atoms with Crippen molar-refractivity contribution in [3.05, 3.63) is 29.8 Å². The van der Waals surface area contributed by atoms with Crippen molar-refractivity contribution in [2.75, 3.05) is 5.32 Å². The number of amides is 1. The number of nitrogens with one attached hydrogen (secondary N) is 1. The van der Waals surface area contributed by atoms with Gasteiger partial charge in [0.1, 0.15) is 0 Å². The molecule has 0 aromatic heterocycles. The van der Waals surface area contributed by atoms with Crippen LogP contribution in [-0.4, -0.2) is 5.91 Å². The molecule has 0 heterocycles. The van der Waals surface area contributed by atoms with Gasteiger partial charge in [0.2, 0.25) is 5.91 Å². The van der Waals surface area contributed by atoms with E-state index in [-0.39, 0.29) is 5.91 Å². The summed E-state index contributed by atoms with van der Waals surface area (Å²) in [6.45, 7) is 3.27. The maximum absolute atomic E-state index is 10.7. The lowest BCUT2D eigenvalue weighted by atomic mass is 10.2. The fourth-order valence-electron chi connectivity index (χ4n) is 1.02. The van der Waals surface area contributed by atoms with E-state index in [2.05, 4.69) is 17.2 Å². The van der Waals surface area contributed by atoms with Gasteiger partial charge in [-0.3, -0.25) is 4.79 Å². The average molecular weight is 173 g/mol. The summed E-state index contributed by atoms with van der Waals surface area (Å²) < 4.78 is 0. The molecule has 66 valence electrons. The molecule has 0 bridgehead atoms. The van der Waals surface area contributed by atoms with Crippen LogP contribution in [0, 0.1) is 11.8 Å². The number of hydrogen-bond acceptors (Lipinski definition) is 1. The van der Waals surface area contributed by atoms with Crippen LogP contribution in [0.5, 0.6) is 0 Å². The first-order valence-corrected chi connectivity index (χ1v) is 4.03. The highest BCUT2D eigenvalue weighted by Gasteiger charge is 1.94. The molecule has 0 unspecified atom stereocenters. The Kier molecular flexibility index (Phi) is 3.10. The number of rotatable bonds is 1. The largest absolute Gasteiger partial charge is 0.326 e. The van der Waals surface area contributed by atoms with Crippen molar-refractivity contribution >= 4 is 11.6 Å². The van der Waals surface area contributed by atoms with E-state index in [1.54, 1.807) is 6.92 Å². The van der Waals surface area contributed by atoms with Gasteiger partial charge in [-0.1, -0.05) is 12.0 Å². The van der Waals surface area contributed by atoms with Crippen LogP contribution in [0.15, 0.2) is 24.3 Å². The molecular weight excluding hydrogens is 162 g/mol. The molecule has 1 N–H and O–H groups in total. The zero-order valence-electron chi connectivity index (χ0n) is 7.72. The van der Waals surface area contributed by atoms with E-state index in [0.29, 0.717) is 0 Å². The summed E-state index contributed by atoms with van der Waals surface area (Å²) in [5.74, 6) is 5.65. The van der Waals surface area contributed by atoms with Crippen LogP contribution < -0.4 is 5.32 Å². The molecule has 0 saturated heterocycles. The molecule has 0 saturated carbocycles. The van der Waals surface area contributed by atoms with Gasteiger partial charge in [-0.05, 0) is 25.1 Å². The second-order valence-corrected chi connectivity index (χ2v) is 2.64. The van der Waals surface area contributed by atoms with Crippen molar-refractivity contribution < 1.29 is 4.79 Å². The van der Waals surface area contributed by atoms with Gasteiger partial charge in [0.15, 0.2) is 0 Å². The molecule has 2 nitrogen and oxygen atoms in total. The molecule has 0 fully saturated rings. The van der Waals surface area contributed by atoms with Crippen LogP contribution in [0.1, 0.15) is 19.4 Å². The van der Waals surface area contributed by atoms with E-state index in [1.807, 2.05) is 24.3 Å². The lowest BCUT2D eigenvalue weighted by Crippen LogP contribution is -2.05. The van der Waals surface area contributed by atoms with Gasteiger partial charge in [-0.2, -0.15) is 0 Å². The maximum Gasteiger partial charge on any atom is 0.221 e. The number of carbonyl (C=O) groups is 1. The van der Waals surface area contributed by atoms with Crippen LogP contribution >= 0.6 is 0 Å². The Bertz CT molecular complexity index is 371. The third-order valence-electron chi connectivity index (χ3n) is 1.45. The molecule has 0 spiro atoms. The quantitative estimate of drug-likeness (QED) is 0.647. The molecular formula is C11H11NO. The fraction of sp³-hybridized carbons (Fsp3) is 0.182. The molecule has 1 amide bonds. The van der Waals surface area contributed by atoms with Crippen LogP contribution in [-0.2, 0) is 4.79 Å². The summed E-state index contributed by atoms with van der Waals surface area (Å²) in [6, 6.07) is 7.45. The minimum atomic E-state index is -0.0680. The molecule has 1 aromatic rings. The monoisotopic (exact) mass is 173 g/mol. The van der Waals surface area contributed by atoms with E-state index in [9.17, 15) is 4.79 Å². The Morgan fingerprint density at radius 1 is 1.46 bits per heavy atom. The van der Waals surface area contributed by atoms with Crippen LogP contribution in [0.2, 0.25) is 0 Å². The fourth-order valence-corrected chi connectivity index (χ4v) is 1.02. The van der Waals surface area contributed by atoms with E-state index in [1.165, 1.54) is 6.92 Å². The minimum absolute atomic E-state index is 0.0680. The van der Waals surface area contributed by atoms with Crippen LogP contribution in [0.3, 0.4) is 0 Å². The minimum Gasteiger partial charge on any atom is -0.326 e. The highest BCUT2D eigenvalue weighted by Crippen LogP contribution is 2.09. The Labute approximate surface area is 78.0 Å². The summed E-state index contributed by atoms with van der Waals surface area (Å²) in [5, 5.41) is 2.70. The van der Waals surface area contributed by atoms with Crippen LogP contribution in [0.25, 0.3) is 0 Å². The Morgan fingerprint density at radius 3 is 2.85 bits per heavy atom. The van der Waals surface area contributed by atoms with Gasteiger partial charge >= 0.3 is 0 Å². The second-order valence-electron chi connectivity index (χ2n) is 2.64. The van der Waals surface area contributed by atoms with Crippen molar-refractivity contribution in [1.82, 2.24) is 0 Å². The lowest BCUT2D eigenvalue weighted by molar-refractivity contribution is -0.114. The highest BCUT2D eigenvalue weighted by molar-refractivity contribution is 5.88. The van der Waals surface area contributed by atoms with Gasteiger partial charge < -0.3 is 5.32 Å². The number of hydrogen-bond donors (Lipinski definition) is 1.